The lowest BCUT2D eigenvalue weighted by atomic mass is 10.1. The summed E-state index contributed by atoms with van der Waals surface area (Å²) in [5.74, 6) is 0.883. The number of hydrogen-bond donors (Lipinski definition) is 2. The van der Waals surface area contributed by atoms with Gasteiger partial charge in [0.25, 0.3) is 0 Å². The van der Waals surface area contributed by atoms with Crippen LogP contribution in [0.5, 0.6) is 0 Å². The van der Waals surface area contributed by atoms with Gasteiger partial charge in [0.15, 0.2) is 5.96 Å². The molecule has 1 aliphatic carbocycles. The molecule has 0 bridgehead atoms. The van der Waals surface area contributed by atoms with Crippen molar-refractivity contribution in [3.8, 4) is 0 Å². The zero-order valence-electron chi connectivity index (χ0n) is 14.6. The average molecular weight is 317 g/mol. The smallest absolute Gasteiger partial charge is 0.191 e. The van der Waals surface area contributed by atoms with E-state index in [-0.39, 0.29) is 0 Å². The molecule has 4 heteroatoms. The maximum absolute atomic E-state index is 5.88. The predicted molar refractivity (Wildman–Crippen MR) is 96.8 cm³/mol. The second kappa shape index (κ2) is 10.3. The molecular formula is C19H31N3O. The molecule has 2 rings (SSSR count). The van der Waals surface area contributed by atoms with Crippen molar-refractivity contribution >= 4 is 5.96 Å². The van der Waals surface area contributed by atoms with Gasteiger partial charge in [0, 0.05) is 19.7 Å². The van der Waals surface area contributed by atoms with Gasteiger partial charge in [0.1, 0.15) is 0 Å². The van der Waals surface area contributed by atoms with Crippen LogP contribution in [0.1, 0.15) is 50.2 Å². The van der Waals surface area contributed by atoms with Crippen molar-refractivity contribution in [1.29, 1.82) is 0 Å². The molecule has 0 heterocycles. The van der Waals surface area contributed by atoms with Crippen molar-refractivity contribution in [3.63, 3.8) is 0 Å². The molecule has 0 amide bonds. The Hall–Kier alpha value is -1.55. The molecule has 0 aliphatic heterocycles. The van der Waals surface area contributed by atoms with Gasteiger partial charge in [-0.3, -0.25) is 0 Å². The summed E-state index contributed by atoms with van der Waals surface area (Å²) in [5, 5.41) is 6.68. The first-order valence-electron chi connectivity index (χ1n) is 8.97. The molecule has 1 aliphatic rings. The molecule has 1 fully saturated rings. The Morgan fingerprint density at radius 2 is 1.91 bits per heavy atom. The summed E-state index contributed by atoms with van der Waals surface area (Å²) in [7, 11) is 0. The quantitative estimate of drug-likeness (QED) is 0.439. The van der Waals surface area contributed by atoms with Gasteiger partial charge in [0.2, 0.25) is 0 Å². The van der Waals surface area contributed by atoms with E-state index in [1.165, 1.54) is 36.8 Å². The van der Waals surface area contributed by atoms with Crippen LogP contribution >= 0.6 is 0 Å². The third-order valence-electron chi connectivity index (χ3n) is 4.15. The van der Waals surface area contributed by atoms with E-state index in [0.717, 1.165) is 32.1 Å². The summed E-state index contributed by atoms with van der Waals surface area (Å²) in [6, 6.07) is 8.53. The lowest BCUT2D eigenvalue weighted by molar-refractivity contribution is 0.0574. The Morgan fingerprint density at radius 1 is 1.17 bits per heavy atom. The first-order chi connectivity index (χ1) is 11.3. The van der Waals surface area contributed by atoms with Gasteiger partial charge >= 0.3 is 0 Å². The topological polar surface area (TPSA) is 45.7 Å². The van der Waals surface area contributed by atoms with E-state index < -0.39 is 0 Å². The summed E-state index contributed by atoms with van der Waals surface area (Å²) in [6.45, 7) is 7.51. The standard InChI is InChI=1S/C19H31N3O/c1-3-20-19(22-15-17-11-9-16(2)10-12-17)21-13-6-14-23-18-7-4-5-8-18/h9-12,18H,3-8,13-15H2,1-2H3,(H2,20,21,22). The number of nitrogens with zero attached hydrogens (tertiary/aromatic N) is 1. The van der Waals surface area contributed by atoms with Crippen molar-refractivity contribution in [1.82, 2.24) is 10.6 Å². The van der Waals surface area contributed by atoms with E-state index in [1.807, 2.05) is 0 Å². The number of nitrogens with one attached hydrogen (secondary N) is 2. The summed E-state index contributed by atoms with van der Waals surface area (Å²) >= 11 is 0. The molecule has 0 saturated heterocycles. The third kappa shape index (κ3) is 7.04. The van der Waals surface area contributed by atoms with Gasteiger partial charge in [-0.15, -0.1) is 0 Å². The first-order valence-corrected chi connectivity index (χ1v) is 8.97. The van der Waals surface area contributed by atoms with E-state index in [9.17, 15) is 0 Å². The fraction of sp³-hybridized carbons (Fsp3) is 0.632. The van der Waals surface area contributed by atoms with Crippen molar-refractivity contribution in [2.24, 2.45) is 4.99 Å². The van der Waals surface area contributed by atoms with Crippen LogP contribution in [0.3, 0.4) is 0 Å². The molecule has 4 nitrogen and oxygen atoms in total. The maximum Gasteiger partial charge on any atom is 0.191 e. The van der Waals surface area contributed by atoms with Crippen molar-refractivity contribution in [3.05, 3.63) is 35.4 Å². The van der Waals surface area contributed by atoms with Crippen LogP contribution in [0.2, 0.25) is 0 Å². The fourth-order valence-corrected chi connectivity index (χ4v) is 2.79. The Labute approximate surface area is 140 Å². The Kier molecular flexibility index (Phi) is 7.95. The maximum atomic E-state index is 5.88. The molecule has 128 valence electrons. The number of rotatable bonds is 8. The minimum absolute atomic E-state index is 0.512. The van der Waals surface area contributed by atoms with E-state index in [2.05, 4.69) is 53.7 Å². The van der Waals surface area contributed by atoms with Gasteiger partial charge in [-0.2, -0.15) is 0 Å². The predicted octanol–water partition coefficient (Wildman–Crippen LogP) is 3.40. The van der Waals surface area contributed by atoms with Gasteiger partial charge in [-0.25, -0.2) is 4.99 Å². The monoisotopic (exact) mass is 317 g/mol. The summed E-state index contributed by atoms with van der Waals surface area (Å²) in [5.41, 5.74) is 2.52. The molecule has 0 unspecified atom stereocenters. The van der Waals surface area contributed by atoms with Crippen LogP contribution in [0.25, 0.3) is 0 Å². The van der Waals surface area contributed by atoms with E-state index in [1.54, 1.807) is 0 Å². The Balaban J connectivity index is 1.67. The molecule has 0 radical (unpaired) electrons. The van der Waals surface area contributed by atoms with Gasteiger partial charge in [-0.1, -0.05) is 42.7 Å². The highest BCUT2D eigenvalue weighted by molar-refractivity contribution is 5.79. The largest absolute Gasteiger partial charge is 0.378 e. The average Bonchev–Trinajstić information content (AvgIpc) is 3.07. The second-order valence-corrected chi connectivity index (χ2v) is 6.24. The van der Waals surface area contributed by atoms with Crippen molar-refractivity contribution < 1.29 is 4.74 Å². The van der Waals surface area contributed by atoms with E-state index >= 15 is 0 Å². The minimum atomic E-state index is 0.512. The van der Waals surface area contributed by atoms with Gasteiger partial charge in [-0.05, 0) is 38.7 Å². The van der Waals surface area contributed by atoms with Crippen LogP contribution in [0.4, 0.5) is 0 Å². The SMILES string of the molecule is CCNC(=NCc1ccc(C)cc1)NCCCOC1CCCC1. The zero-order chi connectivity index (χ0) is 16.3. The molecule has 23 heavy (non-hydrogen) atoms. The number of guanidine groups is 1. The number of hydrogen-bond acceptors (Lipinski definition) is 2. The van der Waals surface area contributed by atoms with Gasteiger partial charge in [0.05, 0.1) is 12.6 Å². The van der Waals surface area contributed by atoms with E-state index in [4.69, 9.17) is 4.74 Å². The number of aliphatic imine (C=N–C) groups is 1. The highest BCUT2D eigenvalue weighted by atomic mass is 16.5. The molecular weight excluding hydrogens is 286 g/mol. The summed E-state index contributed by atoms with van der Waals surface area (Å²) < 4.78 is 5.88. The number of ether oxygens (including phenoxy) is 1. The minimum Gasteiger partial charge on any atom is -0.378 e. The van der Waals surface area contributed by atoms with E-state index in [0.29, 0.717) is 12.6 Å². The van der Waals surface area contributed by atoms with Crippen LogP contribution < -0.4 is 10.6 Å². The van der Waals surface area contributed by atoms with Crippen molar-refractivity contribution in [2.75, 3.05) is 19.7 Å². The molecule has 2 N–H and O–H groups in total. The van der Waals surface area contributed by atoms with Crippen LogP contribution in [-0.2, 0) is 11.3 Å². The molecule has 0 spiro atoms. The Bertz CT molecular complexity index is 464. The third-order valence-corrected chi connectivity index (χ3v) is 4.15. The highest BCUT2D eigenvalue weighted by Crippen LogP contribution is 2.20. The Morgan fingerprint density at radius 3 is 2.61 bits per heavy atom. The molecule has 0 atom stereocenters. The molecule has 1 aromatic carbocycles. The van der Waals surface area contributed by atoms with Gasteiger partial charge < -0.3 is 15.4 Å². The fourth-order valence-electron chi connectivity index (χ4n) is 2.79. The lowest BCUT2D eigenvalue weighted by Crippen LogP contribution is -2.38. The van der Waals surface area contributed by atoms with Crippen LogP contribution in [0, 0.1) is 6.92 Å². The normalized spacial score (nSPS) is 15.8. The lowest BCUT2D eigenvalue weighted by Gasteiger charge is -2.13. The molecule has 0 aromatic heterocycles. The molecule has 1 saturated carbocycles. The second-order valence-electron chi connectivity index (χ2n) is 6.24. The summed E-state index contributed by atoms with van der Waals surface area (Å²) in [6.07, 6.45) is 6.68. The van der Waals surface area contributed by atoms with Crippen molar-refractivity contribution in [2.45, 2.75) is 58.6 Å². The van der Waals surface area contributed by atoms with Crippen LogP contribution in [0.15, 0.2) is 29.3 Å². The summed E-state index contributed by atoms with van der Waals surface area (Å²) in [4.78, 5) is 4.64. The van der Waals surface area contributed by atoms with Crippen LogP contribution in [-0.4, -0.2) is 31.8 Å². The highest BCUT2D eigenvalue weighted by Gasteiger charge is 2.14. The number of aryl methyl sites for hydroxylation is 1. The number of benzene rings is 1. The molecule has 1 aromatic rings. The zero-order valence-corrected chi connectivity index (χ0v) is 14.6. The first kappa shape index (κ1) is 17.8.